The molecule has 0 aliphatic heterocycles. The van der Waals surface area contributed by atoms with Gasteiger partial charge >= 0.3 is 5.97 Å². The quantitative estimate of drug-likeness (QED) is 0.483. The van der Waals surface area contributed by atoms with Crippen molar-refractivity contribution in [1.29, 1.82) is 0 Å². The molecule has 0 atom stereocenters. The second-order valence-corrected chi connectivity index (χ2v) is 3.23. The molecular formula is C12H16N2O3. The van der Waals surface area contributed by atoms with Crippen LogP contribution in [-0.2, 0) is 9.53 Å². The highest BCUT2D eigenvalue weighted by molar-refractivity contribution is 6.35. The summed E-state index contributed by atoms with van der Waals surface area (Å²) in [7, 11) is 1.57. The monoisotopic (exact) mass is 236 g/mol. The molecule has 0 unspecified atom stereocenters. The Balaban J connectivity index is 2.71. The molecule has 0 aromatic heterocycles. The summed E-state index contributed by atoms with van der Waals surface area (Å²) in [5.74, 6) is 0.225. The van der Waals surface area contributed by atoms with Crippen LogP contribution in [0.3, 0.4) is 0 Å². The van der Waals surface area contributed by atoms with Crippen molar-refractivity contribution in [3.63, 3.8) is 0 Å². The number of hydrazone groups is 1. The van der Waals surface area contributed by atoms with E-state index in [2.05, 4.69) is 10.5 Å². The van der Waals surface area contributed by atoms with E-state index in [1.807, 2.05) is 12.1 Å². The van der Waals surface area contributed by atoms with Gasteiger partial charge in [-0.15, -0.1) is 0 Å². The van der Waals surface area contributed by atoms with Gasteiger partial charge in [0.2, 0.25) is 0 Å². The first-order chi connectivity index (χ1) is 8.19. The van der Waals surface area contributed by atoms with Crippen LogP contribution in [0.4, 0.5) is 5.69 Å². The molecule has 0 fully saturated rings. The number of carbonyl (C=O) groups is 1. The fourth-order valence-electron chi connectivity index (χ4n) is 1.16. The standard InChI is InChI=1S/C12H16N2O3/c1-4-17-12(15)9(2)13-14-10-7-5-6-8-11(10)16-3/h5-8,14H,4H2,1-3H3. The maximum Gasteiger partial charge on any atom is 0.354 e. The molecule has 1 aromatic rings. The van der Waals surface area contributed by atoms with Crippen LogP contribution in [0, 0.1) is 0 Å². The van der Waals surface area contributed by atoms with Gasteiger partial charge in [0.15, 0.2) is 0 Å². The minimum atomic E-state index is -0.435. The topological polar surface area (TPSA) is 59.9 Å². The number of ether oxygens (including phenoxy) is 2. The van der Waals surface area contributed by atoms with Crippen molar-refractivity contribution in [2.75, 3.05) is 19.1 Å². The predicted octanol–water partition coefficient (Wildman–Crippen LogP) is 2.05. The number of benzene rings is 1. The van der Waals surface area contributed by atoms with Gasteiger partial charge in [0.1, 0.15) is 11.5 Å². The molecule has 1 N–H and O–H groups in total. The van der Waals surface area contributed by atoms with Gasteiger partial charge in [-0.3, -0.25) is 5.43 Å². The molecule has 5 heteroatoms. The molecule has 0 heterocycles. The van der Waals surface area contributed by atoms with Crippen molar-refractivity contribution in [2.45, 2.75) is 13.8 Å². The van der Waals surface area contributed by atoms with Gasteiger partial charge in [-0.05, 0) is 26.0 Å². The predicted molar refractivity (Wildman–Crippen MR) is 66.4 cm³/mol. The lowest BCUT2D eigenvalue weighted by Gasteiger charge is -2.07. The van der Waals surface area contributed by atoms with Crippen molar-refractivity contribution in [3.8, 4) is 5.75 Å². The van der Waals surface area contributed by atoms with Crippen LogP contribution in [-0.4, -0.2) is 25.4 Å². The van der Waals surface area contributed by atoms with Gasteiger partial charge in [0.05, 0.1) is 19.4 Å². The summed E-state index contributed by atoms with van der Waals surface area (Å²) in [5.41, 5.74) is 3.72. The van der Waals surface area contributed by atoms with Gasteiger partial charge < -0.3 is 9.47 Å². The van der Waals surface area contributed by atoms with E-state index in [9.17, 15) is 4.79 Å². The van der Waals surface area contributed by atoms with Crippen molar-refractivity contribution >= 4 is 17.4 Å². The highest BCUT2D eigenvalue weighted by Crippen LogP contribution is 2.22. The van der Waals surface area contributed by atoms with E-state index in [0.717, 1.165) is 0 Å². The molecule has 1 rings (SSSR count). The minimum Gasteiger partial charge on any atom is -0.495 e. The smallest absolute Gasteiger partial charge is 0.354 e. The van der Waals surface area contributed by atoms with E-state index < -0.39 is 5.97 Å². The average molecular weight is 236 g/mol. The number of methoxy groups -OCH3 is 1. The van der Waals surface area contributed by atoms with Crippen LogP contribution in [0.25, 0.3) is 0 Å². The Hall–Kier alpha value is -2.04. The molecule has 0 bridgehead atoms. The normalized spacial score (nSPS) is 10.9. The summed E-state index contributed by atoms with van der Waals surface area (Å²) in [5, 5.41) is 3.93. The number of para-hydroxylation sites is 2. The van der Waals surface area contributed by atoms with Crippen molar-refractivity contribution in [2.24, 2.45) is 5.10 Å². The Labute approximate surface area is 100 Å². The number of anilines is 1. The number of hydrogen-bond acceptors (Lipinski definition) is 5. The third-order valence-electron chi connectivity index (χ3n) is 2.02. The SMILES string of the molecule is CCOC(=O)C(C)=NNc1ccccc1OC. The number of esters is 1. The molecule has 1 aromatic carbocycles. The lowest BCUT2D eigenvalue weighted by Crippen LogP contribution is -2.15. The third-order valence-corrected chi connectivity index (χ3v) is 2.02. The van der Waals surface area contributed by atoms with Crippen LogP contribution in [0.2, 0.25) is 0 Å². The van der Waals surface area contributed by atoms with Gasteiger partial charge in [-0.2, -0.15) is 5.10 Å². The van der Waals surface area contributed by atoms with Crippen LogP contribution < -0.4 is 10.2 Å². The summed E-state index contributed by atoms with van der Waals surface area (Å²) >= 11 is 0. The average Bonchev–Trinajstić information content (AvgIpc) is 2.36. The summed E-state index contributed by atoms with van der Waals surface area (Å²) in [6.07, 6.45) is 0. The Kier molecular flexibility index (Phi) is 5.00. The Morgan fingerprint density at radius 3 is 2.76 bits per heavy atom. The Morgan fingerprint density at radius 2 is 2.12 bits per heavy atom. The lowest BCUT2D eigenvalue weighted by atomic mass is 10.3. The van der Waals surface area contributed by atoms with E-state index in [4.69, 9.17) is 9.47 Å². The Bertz CT molecular complexity index is 416. The molecule has 0 aliphatic rings. The fourth-order valence-corrected chi connectivity index (χ4v) is 1.16. The summed E-state index contributed by atoms with van der Waals surface area (Å²) < 4.78 is 9.95. The number of carbonyl (C=O) groups excluding carboxylic acids is 1. The number of hydrogen-bond donors (Lipinski definition) is 1. The largest absolute Gasteiger partial charge is 0.495 e. The van der Waals surface area contributed by atoms with Crippen LogP contribution >= 0.6 is 0 Å². The summed E-state index contributed by atoms with van der Waals surface area (Å²) in [6.45, 7) is 3.67. The maximum absolute atomic E-state index is 11.3. The van der Waals surface area contributed by atoms with Crippen LogP contribution in [0.1, 0.15) is 13.8 Å². The molecule has 0 radical (unpaired) electrons. The zero-order chi connectivity index (χ0) is 12.7. The third kappa shape index (κ3) is 3.79. The van der Waals surface area contributed by atoms with Gasteiger partial charge in [0, 0.05) is 0 Å². The van der Waals surface area contributed by atoms with Gasteiger partial charge in [0.25, 0.3) is 0 Å². The molecule has 0 aliphatic carbocycles. The van der Waals surface area contributed by atoms with Crippen LogP contribution in [0.5, 0.6) is 5.75 Å². The molecule has 5 nitrogen and oxygen atoms in total. The van der Waals surface area contributed by atoms with Crippen LogP contribution in [0.15, 0.2) is 29.4 Å². The fraction of sp³-hybridized carbons (Fsp3) is 0.333. The first-order valence-corrected chi connectivity index (χ1v) is 5.29. The van der Waals surface area contributed by atoms with E-state index in [-0.39, 0.29) is 5.71 Å². The lowest BCUT2D eigenvalue weighted by molar-refractivity contribution is -0.135. The minimum absolute atomic E-state index is 0.262. The molecule has 0 amide bonds. The zero-order valence-electron chi connectivity index (χ0n) is 10.2. The highest BCUT2D eigenvalue weighted by atomic mass is 16.5. The van der Waals surface area contributed by atoms with Crippen molar-refractivity contribution < 1.29 is 14.3 Å². The maximum atomic E-state index is 11.3. The summed E-state index contributed by atoms with van der Waals surface area (Å²) in [4.78, 5) is 11.3. The van der Waals surface area contributed by atoms with E-state index in [0.29, 0.717) is 18.0 Å². The highest BCUT2D eigenvalue weighted by Gasteiger charge is 2.06. The zero-order valence-corrected chi connectivity index (χ0v) is 10.2. The van der Waals surface area contributed by atoms with Gasteiger partial charge in [-0.1, -0.05) is 12.1 Å². The molecule has 0 saturated carbocycles. The first kappa shape index (κ1) is 13.0. The summed E-state index contributed by atoms with van der Waals surface area (Å²) in [6, 6.07) is 7.31. The first-order valence-electron chi connectivity index (χ1n) is 5.29. The number of rotatable bonds is 5. The number of nitrogens with one attached hydrogen (secondary N) is 1. The number of nitrogens with zero attached hydrogens (tertiary/aromatic N) is 1. The van der Waals surface area contributed by atoms with Crippen molar-refractivity contribution in [1.82, 2.24) is 0 Å². The molecular weight excluding hydrogens is 220 g/mol. The van der Waals surface area contributed by atoms with Gasteiger partial charge in [-0.25, -0.2) is 4.79 Å². The van der Waals surface area contributed by atoms with E-state index >= 15 is 0 Å². The van der Waals surface area contributed by atoms with E-state index in [1.165, 1.54) is 0 Å². The second kappa shape index (κ2) is 6.52. The molecule has 92 valence electrons. The second-order valence-electron chi connectivity index (χ2n) is 3.23. The van der Waals surface area contributed by atoms with Crippen molar-refractivity contribution in [3.05, 3.63) is 24.3 Å². The van der Waals surface area contributed by atoms with E-state index in [1.54, 1.807) is 33.1 Å². The molecule has 17 heavy (non-hydrogen) atoms. The Morgan fingerprint density at radius 1 is 1.41 bits per heavy atom. The molecule has 0 spiro atoms. The molecule has 0 saturated heterocycles.